The number of carbonyl (C=O) groups excluding carboxylic acids is 3. The molecule has 3 amide bonds. The van der Waals surface area contributed by atoms with Crippen molar-refractivity contribution >= 4 is 24.1 Å². The topological polar surface area (TPSA) is 128 Å². The lowest BCUT2D eigenvalue weighted by Crippen LogP contribution is -2.63. The molecule has 9 nitrogen and oxygen atoms in total. The van der Waals surface area contributed by atoms with Crippen molar-refractivity contribution in [2.45, 2.75) is 70.7 Å². The minimum absolute atomic E-state index is 0.0123. The Bertz CT molecular complexity index is 1060. The molecule has 0 spiro atoms. The van der Waals surface area contributed by atoms with Crippen LogP contribution in [-0.2, 0) is 15.7 Å². The molecule has 4 aliphatic carbocycles. The minimum atomic E-state index is -4.85. The molecule has 2 atom stereocenters. The van der Waals surface area contributed by atoms with Crippen LogP contribution in [0, 0.1) is 23.2 Å². The zero-order chi connectivity index (χ0) is 26.5. The minimum Gasteiger partial charge on any atom is -0.443 e. The second-order valence-electron chi connectivity index (χ2n) is 10.8. The largest absolute Gasteiger partial charge is 0.443 e. The molecule has 2 unspecified atom stereocenters. The van der Waals surface area contributed by atoms with Crippen molar-refractivity contribution in [3.63, 3.8) is 0 Å². The number of amides is 3. The lowest BCUT2D eigenvalue weighted by molar-refractivity contribution is -0.143. The molecule has 4 bridgehead atoms. The van der Waals surface area contributed by atoms with Gasteiger partial charge in [0, 0.05) is 18.8 Å². The zero-order valence-electron chi connectivity index (χ0n) is 20.5. The Hall–Kier alpha value is -3.05. The summed E-state index contributed by atoms with van der Waals surface area (Å²) < 4.78 is 48.1. The van der Waals surface area contributed by atoms with E-state index in [4.69, 9.17) is 10.5 Å². The Kier molecular flexibility index (Phi) is 6.59. The highest BCUT2D eigenvalue weighted by molar-refractivity contribution is 5.95. The van der Waals surface area contributed by atoms with E-state index in [1.165, 1.54) is 6.08 Å². The summed E-state index contributed by atoms with van der Waals surface area (Å²) >= 11 is 0. The predicted octanol–water partition coefficient (Wildman–Crippen LogP) is 3.31. The van der Waals surface area contributed by atoms with Gasteiger partial charge in [0.1, 0.15) is 5.60 Å². The molecule has 198 valence electrons. The van der Waals surface area contributed by atoms with E-state index in [9.17, 15) is 27.6 Å². The van der Waals surface area contributed by atoms with Gasteiger partial charge >= 0.3 is 12.3 Å². The normalized spacial score (nSPS) is 29.4. The van der Waals surface area contributed by atoms with Crippen molar-refractivity contribution in [2.75, 3.05) is 6.54 Å². The number of carbonyl (C=O) groups is 3. The van der Waals surface area contributed by atoms with E-state index in [1.54, 1.807) is 20.8 Å². The van der Waals surface area contributed by atoms with Gasteiger partial charge in [-0.15, -0.1) is 0 Å². The molecule has 0 saturated heterocycles. The molecule has 12 heteroatoms. The molecular weight excluding hydrogens is 479 g/mol. The van der Waals surface area contributed by atoms with Gasteiger partial charge in [0.05, 0.1) is 17.2 Å². The third kappa shape index (κ3) is 4.94. The van der Waals surface area contributed by atoms with Gasteiger partial charge in [0.2, 0.25) is 5.91 Å². The van der Waals surface area contributed by atoms with E-state index in [0.717, 1.165) is 31.7 Å². The highest BCUT2D eigenvalue weighted by Crippen LogP contribution is 2.57. The fraction of sp³-hybridized carbons (Fsp3) is 0.667. The van der Waals surface area contributed by atoms with E-state index in [2.05, 4.69) is 15.7 Å². The average Bonchev–Trinajstić information content (AvgIpc) is 3.18. The van der Waals surface area contributed by atoms with Gasteiger partial charge in [-0.25, -0.2) is 9.48 Å². The quantitative estimate of drug-likeness (QED) is 0.518. The molecule has 1 heterocycles. The van der Waals surface area contributed by atoms with Gasteiger partial charge in [0.25, 0.3) is 5.91 Å². The molecular formula is C24H32F3N5O4. The smallest absolute Gasteiger partial charge is 0.434 e. The summed E-state index contributed by atoms with van der Waals surface area (Å²) in [6.45, 7) is 5.27. The molecule has 1 aromatic rings. The van der Waals surface area contributed by atoms with Gasteiger partial charge in [-0.3, -0.25) is 9.59 Å². The molecule has 0 aliphatic heterocycles. The third-order valence-corrected chi connectivity index (χ3v) is 7.70. The van der Waals surface area contributed by atoms with Gasteiger partial charge < -0.3 is 21.1 Å². The van der Waals surface area contributed by atoms with Crippen molar-refractivity contribution in [1.82, 2.24) is 20.4 Å². The highest BCUT2D eigenvalue weighted by Gasteiger charge is 2.57. The molecule has 4 saturated carbocycles. The summed E-state index contributed by atoms with van der Waals surface area (Å²) in [6, 6.07) is -0.324. The fourth-order valence-corrected chi connectivity index (χ4v) is 6.40. The summed E-state index contributed by atoms with van der Waals surface area (Å²) in [4.78, 5) is 36.7. The number of primary amides is 1. The maximum Gasteiger partial charge on any atom is 0.434 e. The number of alkyl halides is 3. The molecule has 36 heavy (non-hydrogen) atoms. The maximum absolute atomic E-state index is 14.0. The van der Waals surface area contributed by atoms with E-state index in [1.807, 2.05) is 0 Å². The van der Waals surface area contributed by atoms with Crippen LogP contribution in [0.15, 0.2) is 12.3 Å². The standard InChI is InChI=1S/C24H32F3N5O4/c1-4-29-20(34)22(2,3)5-6-32-18(24(25,26)27)16(12-30-32)19(33)31-17-14-7-13-8-15(17)11-23(9-13,10-14)36-21(28)35/h5-6,12-15,17H,4,7-11H2,1-3H3,(H2,28,35)(H,29,34)(H,31,33)/b6-5+. The van der Waals surface area contributed by atoms with E-state index in [-0.39, 0.29) is 23.8 Å². The molecule has 5 rings (SSSR count). The summed E-state index contributed by atoms with van der Waals surface area (Å²) in [6.07, 6.45) is 0.996. The first kappa shape index (κ1) is 26.0. The SMILES string of the molecule is CCNC(=O)C(C)(C)/C=C/n1ncc(C(=O)NC2C3CC4CC2CC(OC(N)=O)(C4)C3)c1C(F)(F)F. The molecule has 0 aromatic carbocycles. The lowest BCUT2D eigenvalue weighted by Gasteiger charge is -2.58. The van der Waals surface area contributed by atoms with Crippen molar-refractivity contribution < 1.29 is 32.3 Å². The Balaban J connectivity index is 1.55. The van der Waals surface area contributed by atoms with Crippen LogP contribution in [0.4, 0.5) is 18.0 Å². The van der Waals surface area contributed by atoms with Crippen LogP contribution >= 0.6 is 0 Å². The number of nitrogens with one attached hydrogen (secondary N) is 2. The number of hydrogen-bond acceptors (Lipinski definition) is 5. The molecule has 1 aromatic heterocycles. The van der Waals surface area contributed by atoms with Gasteiger partial charge in [0.15, 0.2) is 5.69 Å². The van der Waals surface area contributed by atoms with Crippen LogP contribution in [-0.4, -0.2) is 45.9 Å². The number of nitrogens with two attached hydrogens (primary N) is 1. The van der Waals surface area contributed by atoms with Crippen molar-refractivity contribution in [2.24, 2.45) is 28.9 Å². The van der Waals surface area contributed by atoms with Gasteiger partial charge in [-0.2, -0.15) is 18.3 Å². The van der Waals surface area contributed by atoms with E-state index >= 15 is 0 Å². The summed E-state index contributed by atoms with van der Waals surface area (Å²) in [5.41, 5.74) is 1.75. The van der Waals surface area contributed by atoms with Crippen LogP contribution in [0.25, 0.3) is 6.20 Å². The Morgan fingerprint density at radius 1 is 1.22 bits per heavy atom. The first-order valence-corrected chi connectivity index (χ1v) is 12.2. The summed E-state index contributed by atoms with van der Waals surface area (Å²) in [5, 5.41) is 9.25. The van der Waals surface area contributed by atoms with Crippen LogP contribution in [0.2, 0.25) is 0 Å². The third-order valence-electron chi connectivity index (χ3n) is 7.70. The lowest BCUT2D eigenvalue weighted by atomic mass is 9.52. The van der Waals surface area contributed by atoms with Crippen molar-refractivity contribution in [3.05, 3.63) is 23.5 Å². The van der Waals surface area contributed by atoms with E-state index in [0.29, 0.717) is 30.0 Å². The molecule has 4 N–H and O–H groups in total. The number of nitrogens with zero attached hydrogens (tertiary/aromatic N) is 2. The monoisotopic (exact) mass is 511 g/mol. The Labute approximate surface area is 207 Å². The first-order chi connectivity index (χ1) is 16.7. The Morgan fingerprint density at radius 3 is 2.42 bits per heavy atom. The molecule has 4 aliphatic rings. The number of hydrogen-bond donors (Lipinski definition) is 3. The van der Waals surface area contributed by atoms with Crippen LogP contribution in [0.1, 0.15) is 68.9 Å². The number of halogens is 3. The molecule has 0 radical (unpaired) electrons. The number of ether oxygens (including phenoxy) is 1. The number of rotatable bonds is 7. The molecule has 4 fully saturated rings. The van der Waals surface area contributed by atoms with E-state index < -0.39 is 40.5 Å². The first-order valence-electron chi connectivity index (χ1n) is 12.2. The average molecular weight is 512 g/mol. The highest BCUT2D eigenvalue weighted by atomic mass is 19.4. The predicted molar refractivity (Wildman–Crippen MR) is 123 cm³/mol. The van der Waals surface area contributed by atoms with Crippen LogP contribution in [0.5, 0.6) is 0 Å². The maximum atomic E-state index is 14.0. The summed E-state index contributed by atoms with van der Waals surface area (Å²) in [5.74, 6) is -0.891. The second-order valence-corrected chi connectivity index (χ2v) is 10.8. The summed E-state index contributed by atoms with van der Waals surface area (Å²) in [7, 11) is 0. The number of aromatic nitrogens is 2. The zero-order valence-corrected chi connectivity index (χ0v) is 20.5. The van der Waals surface area contributed by atoms with Crippen LogP contribution in [0.3, 0.4) is 0 Å². The van der Waals surface area contributed by atoms with Crippen molar-refractivity contribution in [3.8, 4) is 0 Å². The van der Waals surface area contributed by atoms with Crippen molar-refractivity contribution in [1.29, 1.82) is 0 Å². The second kappa shape index (κ2) is 9.11. The Morgan fingerprint density at radius 2 is 1.86 bits per heavy atom. The fourth-order valence-electron chi connectivity index (χ4n) is 6.40. The van der Waals surface area contributed by atoms with Gasteiger partial charge in [-0.05, 0) is 70.6 Å². The van der Waals surface area contributed by atoms with Crippen LogP contribution < -0.4 is 16.4 Å². The van der Waals surface area contributed by atoms with Gasteiger partial charge in [-0.1, -0.05) is 6.08 Å².